The van der Waals surface area contributed by atoms with Crippen LogP contribution in [-0.2, 0) is 6.54 Å². The highest BCUT2D eigenvalue weighted by molar-refractivity contribution is 5.85. The molecule has 1 N–H and O–H groups in total. The van der Waals surface area contributed by atoms with Gasteiger partial charge >= 0.3 is 0 Å². The van der Waals surface area contributed by atoms with E-state index in [1.807, 2.05) is 30.3 Å². The molecule has 1 aliphatic heterocycles. The molecule has 1 aliphatic rings. The standard InChI is InChI=1S/C21H22N2O3.ClH/c1-22-9-11-23(12-10-22)13-17-19(24)8-7-16-20(25)18(14-26-21(16)17)15-5-3-2-4-6-15;/h2-8,14,24H,9-13H2,1H3;1H/p-1. The van der Waals surface area contributed by atoms with Gasteiger partial charge in [0.05, 0.1) is 16.5 Å². The van der Waals surface area contributed by atoms with Gasteiger partial charge in [0.25, 0.3) is 0 Å². The van der Waals surface area contributed by atoms with Crippen LogP contribution in [-0.4, -0.2) is 48.1 Å². The van der Waals surface area contributed by atoms with Crippen LogP contribution in [0.15, 0.2) is 57.9 Å². The summed E-state index contributed by atoms with van der Waals surface area (Å²) >= 11 is 0. The normalized spacial score (nSPS) is 15.6. The molecule has 6 heteroatoms. The van der Waals surface area contributed by atoms with Crippen LogP contribution < -0.4 is 17.8 Å². The Morgan fingerprint density at radius 3 is 2.44 bits per heavy atom. The van der Waals surface area contributed by atoms with Gasteiger partial charge in [0, 0.05) is 32.7 Å². The number of halogens is 1. The first kappa shape index (κ1) is 19.4. The Kier molecular flexibility index (Phi) is 5.85. The van der Waals surface area contributed by atoms with Gasteiger partial charge in [-0.2, -0.15) is 0 Å². The van der Waals surface area contributed by atoms with Crippen molar-refractivity contribution in [2.75, 3.05) is 33.2 Å². The highest BCUT2D eigenvalue weighted by atomic mass is 35.5. The molecule has 0 bridgehead atoms. The van der Waals surface area contributed by atoms with Gasteiger partial charge in [0.2, 0.25) is 5.43 Å². The van der Waals surface area contributed by atoms with Crippen LogP contribution in [0.2, 0.25) is 0 Å². The Hall–Kier alpha value is -2.34. The third kappa shape index (κ3) is 3.86. The van der Waals surface area contributed by atoms with E-state index in [4.69, 9.17) is 4.42 Å². The van der Waals surface area contributed by atoms with Crippen LogP contribution >= 0.6 is 0 Å². The van der Waals surface area contributed by atoms with Crippen molar-refractivity contribution in [3.63, 3.8) is 0 Å². The van der Waals surface area contributed by atoms with Gasteiger partial charge in [-0.05, 0) is 24.7 Å². The zero-order chi connectivity index (χ0) is 18.1. The molecule has 27 heavy (non-hydrogen) atoms. The summed E-state index contributed by atoms with van der Waals surface area (Å²) in [6.45, 7) is 4.42. The Morgan fingerprint density at radius 2 is 1.74 bits per heavy atom. The second-order valence-corrected chi connectivity index (χ2v) is 6.86. The van der Waals surface area contributed by atoms with Crippen molar-refractivity contribution in [1.82, 2.24) is 9.80 Å². The second kappa shape index (κ2) is 8.13. The number of benzene rings is 2. The van der Waals surface area contributed by atoms with Crippen molar-refractivity contribution in [3.05, 3.63) is 64.5 Å². The quantitative estimate of drug-likeness (QED) is 0.683. The van der Waals surface area contributed by atoms with Crippen molar-refractivity contribution >= 4 is 11.0 Å². The highest BCUT2D eigenvalue weighted by Crippen LogP contribution is 2.29. The molecule has 3 aromatic rings. The molecule has 142 valence electrons. The zero-order valence-corrected chi connectivity index (χ0v) is 15.9. The molecule has 0 atom stereocenters. The van der Waals surface area contributed by atoms with Gasteiger partial charge < -0.3 is 26.8 Å². The number of rotatable bonds is 3. The van der Waals surface area contributed by atoms with Crippen molar-refractivity contribution in [2.45, 2.75) is 6.54 Å². The average Bonchev–Trinajstić information content (AvgIpc) is 2.66. The third-order valence-corrected chi connectivity index (χ3v) is 5.08. The number of phenolic OH excluding ortho intramolecular Hbond substituents is 1. The predicted octanol–water partition coefficient (Wildman–Crippen LogP) is -0.0830. The number of likely N-dealkylation sites (N-methyl/N-ethyl adjacent to an activating group) is 1. The first-order valence-corrected chi connectivity index (χ1v) is 8.86. The Balaban J connectivity index is 0.00000210. The first-order valence-electron chi connectivity index (χ1n) is 8.86. The number of fused-ring (bicyclic) bond motifs is 1. The molecular formula is C21H22ClN2O3-. The van der Waals surface area contributed by atoms with Crippen LogP contribution in [0.1, 0.15) is 5.56 Å². The minimum absolute atomic E-state index is 0. The number of aromatic hydroxyl groups is 1. The molecule has 1 aromatic heterocycles. The molecule has 0 aliphatic carbocycles. The predicted molar refractivity (Wildman–Crippen MR) is 102 cm³/mol. The number of piperazine rings is 1. The molecule has 0 radical (unpaired) electrons. The SMILES string of the molecule is CN1CCN(Cc2c(O)ccc3c(=O)c(-c4ccccc4)coc23)CC1.[Cl-]. The lowest BCUT2D eigenvalue weighted by molar-refractivity contribution is -0.00000666. The molecule has 0 unspecified atom stereocenters. The van der Waals surface area contributed by atoms with E-state index in [-0.39, 0.29) is 23.6 Å². The molecule has 0 amide bonds. The largest absolute Gasteiger partial charge is 1.00 e. The van der Waals surface area contributed by atoms with Crippen molar-refractivity contribution < 1.29 is 21.9 Å². The van der Waals surface area contributed by atoms with Gasteiger partial charge in [-0.3, -0.25) is 9.69 Å². The van der Waals surface area contributed by atoms with Crippen LogP contribution in [0, 0.1) is 0 Å². The first-order chi connectivity index (χ1) is 12.6. The third-order valence-electron chi connectivity index (χ3n) is 5.08. The van der Waals surface area contributed by atoms with E-state index in [9.17, 15) is 9.90 Å². The molecule has 2 aromatic carbocycles. The van der Waals surface area contributed by atoms with Gasteiger partial charge in [-0.15, -0.1) is 0 Å². The summed E-state index contributed by atoms with van der Waals surface area (Å²) in [6.07, 6.45) is 1.51. The lowest BCUT2D eigenvalue weighted by atomic mass is 10.0. The monoisotopic (exact) mass is 385 g/mol. The van der Waals surface area contributed by atoms with E-state index in [1.165, 1.54) is 6.26 Å². The zero-order valence-electron chi connectivity index (χ0n) is 15.2. The van der Waals surface area contributed by atoms with Crippen LogP contribution in [0.3, 0.4) is 0 Å². The Bertz CT molecular complexity index is 980. The number of hydrogen-bond acceptors (Lipinski definition) is 5. The van der Waals surface area contributed by atoms with Gasteiger partial charge in [0.15, 0.2) is 0 Å². The smallest absolute Gasteiger partial charge is 0.200 e. The molecule has 5 nitrogen and oxygen atoms in total. The molecule has 2 heterocycles. The van der Waals surface area contributed by atoms with E-state index in [0.717, 1.165) is 31.7 Å². The fraction of sp³-hybridized carbons (Fsp3) is 0.286. The van der Waals surface area contributed by atoms with E-state index >= 15 is 0 Å². The molecular weight excluding hydrogens is 364 g/mol. The van der Waals surface area contributed by atoms with Crippen molar-refractivity contribution in [1.29, 1.82) is 0 Å². The fourth-order valence-corrected chi connectivity index (χ4v) is 3.45. The maximum absolute atomic E-state index is 13.0. The summed E-state index contributed by atoms with van der Waals surface area (Å²) in [7, 11) is 2.11. The molecule has 0 saturated carbocycles. The maximum Gasteiger partial charge on any atom is 0.200 e. The number of nitrogens with zero attached hydrogens (tertiary/aromatic N) is 2. The average molecular weight is 386 g/mol. The summed E-state index contributed by atoms with van der Waals surface area (Å²) in [5.41, 5.74) is 2.46. The van der Waals surface area contributed by atoms with Crippen molar-refractivity contribution in [2.24, 2.45) is 0 Å². The molecule has 1 fully saturated rings. The number of hydrogen-bond donors (Lipinski definition) is 1. The summed E-state index contributed by atoms with van der Waals surface area (Å²) < 4.78 is 5.86. The van der Waals surface area contributed by atoms with Gasteiger partial charge in [-0.1, -0.05) is 30.3 Å². The Morgan fingerprint density at radius 1 is 1.04 bits per heavy atom. The summed E-state index contributed by atoms with van der Waals surface area (Å²) in [5.74, 6) is 0.173. The maximum atomic E-state index is 13.0. The second-order valence-electron chi connectivity index (χ2n) is 6.86. The van der Waals surface area contributed by atoms with Crippen LogP contribution in [0.25, 0.3) is 22.1 Å². The molecule has 0 spiro atoms. The summed E-state index contributed by atoms with van der Waals surface area (Å²) in [5, 5.41) is 10.9. The van der Waals surface area contributed by atoms with Crippen LogP contribution in [0.5, 0.6) is 5.75 Å². The number of phenols is 1. The lowest BCUT2D eigenvalue weighted by Gasteiger charge is -2.32. The summed E-state index contributed by atoms with van der Waals surface area (Å²) in [4.78, 5) is 17.5. The highest BCUT2D eigenvalue weighted by Gasteiger charge is 2.19. The van der Waals surface area contributed by atoms with Crippen molar-refractivity contribution in [3.8, 4) is 16.9 Å². The van der Waals surface area contributed by atoms with E-state index < -0.39 is 0 Å². The van der Waals surface area contributed by atoms with Gasteiger partial charge in [-0.25, -0.2) is 0 Å². The topological polar surface area (TPSA) is 56.9 Å². The summed E-state index contributed by atoms with van der Waals surface area (Å²) in [6, 6.07) is 12.7. The Labute approximate surface area is 164 Å². The molecule has 1 saturated heterocycles. The minimum atomic E-state index is -0.0722. The van der Waals surface area contributed by atoms with E-state index in [0.29, 0.717) is 28.6 Å². The minimum Gasteiger partial charge on any atom is -1.00 e. The fourth-order valence-electron chi connectivity index (χ4n) is 3.45. The van der Waals surface area contributed by atoms with E-state index in [2.05, 4.69) is 16.8 Å². The van der Waals surface area contributed by atoms with Gasteiger partial charge in [0.1, 0.15) is 17.6 Å². The lowest BCUT2D eigenvalue weighted by Crippen LogP contribution is -3.00. The van der Waals surface area contributed by atoms with E-state index in [1.54, 1.807) is 12.1 Å². The molecule has 4 rings (SSSR count). The van der Waals surface area contributed by atoms with Crippen LogP contribution in [0.4, 0.5) is 0 Å².